The van der Waals surface area contributed by atoms with Crippen molar-refractivity contribution in [3.63, 3.8) is 0 Å². The Morgan fingerprint density at radius 1 is 1.09 bits per heavy atom. The lowest BCUT2D eigenvalue weighted by Gasteiger charge is -2.41. The molecule has 1 saturated heterocycles. The van der Waals surface area contributed by atoms with Crippen LogP contribution in [-0.4, -0.2) is 77.6 Å². The highest BCUT2D eigenvalue weighted by atomic mass is 32.2. The SMILES string of the molecule is CC(C)[C@H](O)OC1C2CC3C1OC(=O)C3C2C(O)OC(CS(=O)(=O)O)(C(F)(F)F)C(F)(F)F. The van der Waals surface area contributed by atoms with Crippen LogP contribution in [0.3, 0.4) is 0 Å². The van der Waals surface area contributed by atoms with Gasteiger partial charge in [0.1, 0.15) is 18.0 Å². The van der Waals surface area contributed by atoms with Gasteiger partial charge in [-0.2, -0.15) is 34.8 Å². The van der Waals surface area contributed by atoms with Crippen LogP contribution in [-0.2, 0) is 29.1 Å². The first-order chi connectivity index (χ1) is 14.8. The number of esters is 1. The van der Waals surface area contributed by atoms with Gasteiger partial charge in [-0.15, -0.1) is 0 Å². The molecule has 9 nitrogen and oxygen atoms in total. The third kappa shape index (κ3) is 4.45. The molecule has 0 aromatic heterocycles. The molecular weight excluding hydrogens is 494 g/mol. The van der Waals surface area contributed by atoms with Crippen LogP contribution in [0.4, 0.5) is 26.3 Å². The predicted molar refractivity (Wildman–Crippen MR) is 92.5 cm³/mol. The quantitative estimate of drug-likeness (QED) is 0.188. The fraction of sp³-hybridized carbons (Fsp3) is 0.941. The van der Waals surface area contributed by atoms with Crippen molar-refractivity contribution in [1.29, 1.82) is 0 Å². The van der Waals surface area contributed by atoms with Crippen LogP contribution in [0.25, 0.3) is 0 Å². The van der Waals surface area contributed by atoms with Gasteiger partial charge in [-0.25, -0.2) is 0 Å². The van der Waals surface area contributed by atoms with E-state index in [1.54, 1.807) is 13.8 Å². The molecule has 1 aliphatic heterocycles. The summed E-state index contributed by atoms with van der Waals surface area (Å²) in [6.45, 7) is 3.13. The molecule has 3 aliphatic rings. The van der Waals surface area contributed by atoms with Crippen molar-refractivity contribution in [3.8, 4) is 0 Å². The monoisotopic (exact) mass is 516 g/mol. The fourth-order valence-corrected chi connectivity index (χ4v) is 5.88. The molecule has 8 atom stereocenters. The number of carbonyl (C=O) groups is 1. The average Bonchev–Trinajstić information content (AvgIpc) is 3.21. The molecular formula is C17H22F6O9S. The van der Waals surface area contributed by atoms with Gasteiger partial charge in [-0.1, -0.05) is 13.8 Å². The molecule has 2 aliphatic carbocycles. The number of aliphatic hydroxyl groups excluding tert-OH is 2. The van der Waals surface area contributed by atoms with E-state index in [1.807, 2.05) is 0 Å². The highest BCUT2D eigenvalue weighted by molar-refractivity contribution is 7.85. The minimum atomic E-state index is -6.43. The van der Waals surface area contributed by atoms with E-state index in [0.29, 0.717) is 0 Å². The smallest absolute Gasteiger partial charge is 0.427 e. The minimum Gasteiger partial charge on any atom is -0.459 e. The summed E-state index contributed by atoms with van der Waals surface area (Å²) >= 11 is 0. The van der Waals surface area contributed by atoms with E-state index >= 15 is 0 Å². The van der Waals surface area contributed by atoms with Crippen LogP contribution < -0.4 is 0 Å². The van der Waals surface area contributed by atoms with E-state index in [2.05, 4.69) is 4.74 Å². The Labute approximate surface area is 183 Å². The number of hydrogen-bond donors (Lipinski definition) is 3. The summed E-state index contributed by atoms with van der Waals surface area (Å²) in [6, 6.07) is 0. The van der Waals surface area contributed by atoms with Crippen LogP contribution in [0.5, 0.6) is 0 Å². The summed E-state index contributed by atoms with van der Waals surface area (Å²) in [5.41, 5.74) is -5.48. The van der Waals surface area contributed by atoms with E-state index in [1.165, 1.54) is 0 Å². The van der Waals surface area contributed by atoms with Crippen molar-refractivity contribution < 1.29 is 68.5 Å². The number of fused-ring (bicyclic) bond motifs is 1. The molecule has 7 unspecified atom stereocenters. The van der Waals surface area contributed by atoms with E-state index in [-0.39, 0.29) is 6.42 Å². The van der Waals surface area contributed by atoms with Crippen LogP contribution in [0, 0.1) is 29.6 Å². The number of halogens is 6. The van der Waals surface area contributed by atoms with Gasteiger partial charge in [0.25, 0.3) is 15.7 Å². The summed E-state index contributed by atoms with van der Waals surface area (Å²) in [4.78, 5) is 12.3. The standard InChI is InChI=1S/C17H22F6O9S/c1-5(2)12(24)30-10-7-3-6-8(13(25)31-11(6)10)9(7)14(26)32-15(16(18,19)20,17(21,22)23)4-33(27,28)29/h5-12,14,24,26H,3-4H2,1-2H3,(H,27,28,29)/t6?,7?,8?,9?,10?,11?,12-,14?/m1/s1. The van der Waals surface area contributed by atoms with Crippen molar-refractivity contribution in [3.05, 3.63) is 0 Å². The molecule has 0 radical (unpaired) electrons. The Hall–Kier alpha value is -1.20. The number of rotatable bonds is 8. The normalized spacial score (nSPS) is 34.1. The predicted octanol–water partition coefficient (Wildman–Crippen LogP) is 1.24. The molecule has 0 spiro atoms. The Balaban J connectivity index is 1.97. The lowest BCUT2D eigenvalue weighted by atomic mass is 9.77. The second-order valence-corrected chi connectivity index (χ2v) is 10.3. The molecule has 192 valence electrons. The Morgan fingerprint density at radius 2 is 1.64 bits per heavy atom. The highest BCUT2D eigenvalue weighted by Gasteiger charge is 2.76. The maximum absolute atomic E-state index is 13.6. The third-order valence-electron chi connectivity index (χ3n) is 6.43. The van der Waals surface area contributed by atoms with E-state index < -0.39 is 94.2 Å². The number of aliphatic hydroxyl groups is 2. The Kier molecular flexibility index (Phi) is 6.55. The van der Waals surface area contributed by atoms with Crippen molar-refractivity contribution in [1.82, 2.24) is 0 Å². The lowest BCUT2D eigenvalue weighted by Crippen LogP contribution is -2.65. The van der Waals surface area contributed by atoms with Gasteiger partial charge in [-0.3, -0.25) is 9.35 Å². The molecule has 33 heavy (non-hydrogen) atoms. The molecule has 2 saturated carbocycles. The van der Waals surface area contributed by atoms with Gasteiger partial charge in [0.05, 0.1) is 5.92 Å². The summed E-state index contributed by atoms with van der Waals surface area (Å²) in [6.07, 6.45) is -19.3. The number of alkyl halides is 6. The maximum Gasteiger partial charge on any atom is 0.427 e. The molecule has 0 aromatic rings. The minimum absolute atomic E-state index is 0.0188. The van der Waals surface area contributed by atoms with Gasteiger partial charge in [0.2, 0.25) is 0 Å². The zero-order chi connectivity index (χ0) is 25.3. The molecule has 1 heterocycles. The van der Waals surface area contributed by atoms with E-state index in [4.69, 9.17) is 14.0 Å². The summed E-state index contributed by atoms with van der Waals surface area (Å²) in [5, 5.41) is 20.4. The molecule has 16 heteroatoms. The highest BCUT2D eigenvalue weighted by Crippen LogP contribution is 2.61. The number of ether oxygens (including phenoxy) is 3. The second kappa shape index (κ2) is 8.19. The first kappa shape index (κ1) is 26.4. The lowest BCUT2D eigenvalue weighted by molar-refractivity contribution is -0.404. The zero-order valence-electron chi connectivity index (χ0n) is 17.1. The van der Waals surface area contributed by atoms with Gasteiger partial charge < -0.3 is 24.4 Å². The van der Waals surface area contributed by atoms with E-state index in [9.17, 15) is 49.8 Å². The first-order valence-electron chi connectivity index (χ1n) is 9.79. The van der Waals surface area contributed by atoms with E-state index in [0.717, 1.165) is 0 Å². The van der Waals surface area contributed by atoms with Crippen molar-refractivity contribution >= 4 is 16.1 Å². The fourth-order valence-electron chi connectivity index (χ4n) is 4.97. The van der Waals surface area contributed by atoms with Gasteiger partial charge in [0.15, 0.2) is 12.6 Å². The van der Waals surface area contributed by atoms with Gasteiger partial charge >= 0.3 is 18.3 Å². The Bertz CT molecular complexity index is 859. The first-order valence-corrected chi connectivity index (χ1v) is 11.4. The zero-order valence-corrected chi connectivity index (χ0v) is 17.9. The van der Waals surface area contributed by atoms with Crippen molar-refractivity contribution in [2.75, 3.05) is 5.75 Å². The Morgan fingerprint density at radius 3 is 2.09 bits per heavy atom. The van der Waals surface area contributed by atoms with Crippen LogP contribution >= 0.6 is 0 Å². The van der Waals surface area contributed by atoms with Crippen LogP contribution in [0.15, 0.2) is 0 Å². The summed E-state index contributed by atoms with van der Waals surface area (Å²) < 4.78 is 127. The molecule has 0 amide bonds. The maximum atomic E-state index is 13.6. The second-order valence-electron chi connectivity index (χ2n) is 8.86. The molecule has 2 bridgehead atoms. The third-order valence-corrected chi connectivity index (χ3v) is 7.20. The molecule has 3 N–H and O–H groups in total. The average molecular weight is 516 g/mol. The van der Waals surface area contributed by atoms with Gasteiger partial charge in [-0.05, 0) is 12.3 Å². The summed E-state index contributed by atoms with van der Waals surface area (Å²) in [7, 11) is -5.91. The topological polar surface area (TPSA) is 140 Å². The molecule has 0 aromatic carbocycles. The van der Waals surface area contributed by atoms with Crippen LogP contribution in [0.2, 0.25) is 0 Å². The summed E-state index contributed by atoms with van der Waals surface area (Å²) in [5.74, 6) is -9.19. The van der Waals surface area contributed by atoms with Gasteiger partial charge in [0, 0.05) is 17.8 Å². The largest absolute Gasteiger partial charge is 0.459 e. The molecule has 3 fully saturated rings. The number of carbonyl (C=O) groups excluding carboxylic acids is 1. The van der Waals surface area contributed by atoms with Crippen molar-refractivity contribution in [2.45, 2.75) is 63.0 Å². The molecule has 3 rings (SSSR count). The van der Waals surface area contributed by atoms with Crippen LogP contribution in [0.1, 0.15) is 20.3 Å². The van der Waals surface area contributed by atoms with Crippen molar-refractivity contribution in [2.24, 2.45) is 29.6 Å². The number of hydrogen-bond acceptors (Lipinski definition) is 8.